The Balaban J connectivity index is 3.38. The Morgan fingerprint density at radius 1 is 1.33 bits per heavy atom. The molecule has 0 aromatic heterocycles. The van der Waals surface area contributed by atoms with Crippen LogP contribution in [0.3, 0.4) is 0 Å². The first-order valence-electron chi connectivity index (χ1n) is 2.72. The van der Waals surface area contributed by atoms with Gasteiger partial charge in [-0.05, 0) is 6.92 Å². The van der Waals surface area contributed by atoms with Crippen molar-refractivity contribution < 1.29 is 13.2 Å². The van der Waals surface area contributed by atoms with Crippen LogP contribution in [0.4, 0.5) is 13.2 Å². The van der Waals surface area contributed by atoms with Crippen LogP contribution in [0.15, 0.2) is 12.2 Å². The van der Waals surface area contributed by atoms with Crippen molar-refractivity contribution >= 4 is 0 Å². The summed E-state index contributed by atoms with van der Waals surface area (Å²) in [7, 11) is 0. The van der Waals surface area contributed by atoms with Crippen molar-refractivity contribution in [3.8, 4) is 0 Å². The van der Waals surface area contributed by atoms with E-state index in [0.717, 1.165) is 0 Å². The van der Waals surface area contributed by atoms with Crippen LogP contribution in [0.1, 0.15) is 13.3 Å². The van der Waals surface area contributed by atoms with E-state index in [4.69, 9.17) is 0 Å². The molecule has 0 N–H and O–H groups in total. The Morgan fingerprint density at radius 3 is 2.22 bits per heavy atom. The molecule has 9 heavy (non-hydrogen) atoms. The second kappa shape index (κ2) is 4.41. The van der Waals surface area contributed by atoms with Crippen LogP contribution in [0.25, 0.3) is 0 Å². The number of halogens is 3. The maximum absolute atomic E-state index is 11.9. The van der Waals surface area contributed by atoms with Crippen LogP contribution in [0.5, 0.6) is 0 Å². The molecule has 0 aromatic rings. The molecule has 0 aliphatic heterocycles. The summed E-state index contributed by atoms with van der Waals surface area (Å²) in [6, 6.07) is 0. The van der Waals surface area contributed by atoms with Crippen molar-refractivity contribution in [2.75, 3.05) is 0 Å². The van der Waals surface area contributed by atoms with Gasteiger partial charge in [-0.25, -0.2) is 13.2 Å². The molecule has 3 heteroatoms. The lowest BCUT2D eigenvalue weighted by Crippen LogP contribution is -2.09. The lowest BCUT2D eigenvalue weighted by molar-refractivity contribution is 0.0517. The molecule has 0 fully saturated rings. The van der Waals surface area contributed by atoms with Gasteiger partial charge in [-0.3, -0.25) is 0 Å². The minimum Gasteiger partial charge on any atom is -0.241 e. The predicted octanol–water partition coefficient (Wildman–Crippen LogP) is 2.56. The molecule has 0 heterocycles. The minimum atomic E-state index is -2.85. The highest BCUT2D eigenvalue weighted by Gasteiger charge is 2.16. The van der Waals surface area contributed by atoms with E-state index < -0.39 is 12.6 Å². The Hall–Kier alpha value is -0.470. The fourth-order valence-electron chi connectivity index (χ4n) is 0.369. The Morgan fingerprint density at radius 2 is 1.89 bits per heavy atom. The Bertz CT molecular complexity index is 88.3. The van der Waals surface area contributed by atoms with Crippen LogP contribution in [-0.2, 0) is 0 Å². The molecular formula is C6H9F3. The van der Waals surface area contributed by atoms with Gasteiger partial charge in [0.25, 0.3) is 6.43 Å². The summed E-state index contributed by atoms with van der Waals surface area (Å²) in [5, 5.41) is 0. The second-order valence-corrected chi connectivity index (χ2v) is 1.66. The van der Waals surface area contributed by atoms with E-state index in [-0.39, 0.29) is 6.42 Å². The summed E-state index contributed by atoms with van der Waals surface area (Å²) >= 11 is 0. The second-order valence-electron chi connectivity index (χ2n) is 1.66. The van der Waals surface area contributed by atoms with E-state index in [9.17, 15) is 13.2 Å². The molecule has 0 aromatic carbocycles. The third kappa shape index (κ3) is 4.06. The molecule has 0 radical (unpaired) electrons. The summed E-state index contributed by atoms with van der Waals surface area (Å²) < 4.78 is 34.6. The average molecular weight is 138 g/mol. The topological polar surface area (TPSA) is 0 Å². The van der Waals surface area contributed by atoms with Gasteiger partial charge in [0.05, 0.1) is 0 Å². The quantitative estimate of drug-likeness (QED) is 0.526. The normalized spacial score (nSPS) is 15.2. The van der Waals surface area contributed by atoms with Gasteiger partial charge in [0.1, 0.15) is 0 Å². The van der Waals surface area contributed by atoms with E-state index in [0.29, 0.717) is 0 Å². The van der Waals surface area contributed by atoms with Crippen LogP contribution < -0.4 is 0 Å². The largest absolute Gasteiger partial charge is 0.269 e. The number of hydrogen-bond donors (Lipinski definition) is 0. The van der Waals surface area contributed by atoms with E-state index in [1.807, 2.05) is 0 Å². The molecule has 0 saturated heterocycles. The zero-order valence-electron chi connectivity index (χ0n) is 5.15. The van der Waals surface area contributed by atoms with Gasteiger partial charge < -0.3 is 0 Å². The number of hydrogen-bond acceptors (Lipinski definition) is 0. The zero-order valence-corrected chi connectivity index (χ0v) is 5.15. The summed E-state index contributed by atoms with van der Waals surface area (Å²) in [4.78, 5) is 0. The molecule has 0 spiro atoms. The van der Waals surface area contributed by atoms with Crippen LogP contribution in [0, 0.1) is 0 Å². The lowest BCUT2D eigenvalue weighted by Gasteiger charge is -2.00. The molecule has 0 saturated carbocycles. The molecule has 0 rings (SSSR count). The van der Waals surface area contributed by atoms with Crippen molar-refractivity contribution in [3.05, 3.63) is 12.2 Å². The average Bonchev–Trinajstić information content (AvgIpc) is 1.82. The van der Waals surface area contributed by atoms with Crippen molar-refractivity contribution in [1.29, 1.82) is 0 Å². The summed E-state index contributed by atoms with van der Waals surface area (Å²) in [6.07, 6.45) is -2.10. The van der Waals surface area contributed by atoms with Crippen LogP contribution in [0.2, 0.25) is 0 Å². The van der Waals surface area contributed by atoms with Gasteiger partial charge in [-0.2, -0.15) is 0 Å². The number of alkyl halides is 3. The molecule has 0 nitrogen and oxygen atoms in total. The van der Waals surface area contributed by atoms with Gasteiger partial charge in [-0.1, -0.05) is 12.2 Å². The van der Waals surface area contributed by atoms with E-state index in [1.165, 1.54) is 6.08 Å². The monoisotopic (exact) mass is 138 g/mol. The van der Waals surface area contributed by atoms with E-state index >= 15 is 0 Å². The Labute approximate surface area is 52.4 Å². The highest BCUT2D eigenvalue weighted by atomic mass is 19.3. The zero-order chi connectivity index (χ0) is 7.28. The summed E-state index contributed by atoms with van der Waals surface area (Å²) in [5.41, 5.74) is 0. The van der Waals surface area contributed by atoms with Crippen molar-refractivity contribution in [2.24, 2.45) is 0 Å². The minimum absolute atomic E-state index is 0.186. The molecule has 0 aliphatic rings. The molecule has 1 unspecified atom stereocenters. The molecule has 0 bridgehead atoms. The molecule has 0 aliphatic carbocycles. The maximum Gasteiger partial charge on any atom is 0.269 e. The van der Waals surface area contributed by atoms with Crippen LogP contribution in [-0.4, -0.2) is 12.6 Å². The highest BCUT2D eigenvalue weighted by Crippen LogP contribution is 2.09. The van der Waals surface area contributed by atoms with Crippen molar-refractivity contribution in [3.63, 3.8) is 0 Å². The number of rotatable bonds is 3. The van der Waals surface area contributed by atoms with Gasteiger partial charge in [0.15, 0.2) is 6.17 Å². The van der Waals surface area contributed by atoms with Crippen molar-refractivity contribution in [2.45, 2.75) is 25.9 Å². The van der Waals surface area contributed by atoms with Crippen molar-refractivity contribution in [1.82, 2.24) is 0 Å². The molecule has 0 amide bonds. The number of allylic oxidation sites excluding steroid dienone is 2. The smallest absolute Gasteiger partial charge is 0.241 e. The summed E-state index contributed by atoms with van der Waals surface area (Å²) in [5.74, 6) is 0. The molecular weight excluding hydrogens is 129 g/mol. The first kappa shape index (κ1) is 8.53. The fourth-order valence-corrected chi connectivity index (χ4v) is 0.369. The van der Waals surface area contributed by atoms with Gasteiger partial charge >= 0.3 is 0 Å². The first-order valence-corrected chi connectivity index (χ1v) is 2.72. The van der Waals surface area contributed by atoms with Gasteiger partial charge in [0, 0.05) is 6.42 Å². The van der Waals surface area contributed by atoms with Crippen LogP contribution >= 0.6 is 0 Å². The Kier molecular flexibility index (Phi) is 4.18. The summed E-state index contributed by atoms with van der Waals surface area (Å²) in [6.45, 7) is 1.66. The molecule has 1 atom stereocenters. The lowest BCUT2D eigenvalue weighted by atomic mass is 10.3. The third-order valence-corrected chi connectivity index (χ3v) is 0.870. The maximum atomic E-state index is 11.9. The molecule has 54 valence electrons. The fraction of sp³-hybridized carbons (Fsp3) is 0.667. The van der Waals surface area contributed by atoms with E-state index in [1.54, 1.807) is 13.0 Å². The third-order valence-electron chi connectivity index (χ3n) is 0.870. The predicted molar refractivity (Wildman–Crippen MR) is 30.3 cm³/mol. The van der Waals surface area contributed by atoms with Gasteiger partial charge in [0.2, 0.25) is 0 Å². The van der Waals surface area contributed by atoms with E-state index in [2.05, 4.69) is 0 Å². The highest BCUT2D eigenvalue weighted by molar-refractivity contribution is 4.80. The first-order chi connectivity index (χ1) is 4.18. The standard InChI is InChI=1S/C6H9F3/c1-2-3-4-5(7)6(8)9/h2-3,5-6H,4H2,1H3. The van der Waals surface area contributed by atoms with Gasteiger partial charge in [-0.15, -0.1) is 0 Å². The SMILES string of the molecule is CC=CCC(F)C(F)F.